The van der Waals surface area contributed by atoms with E-state index in [0.717, 1.165) is 29.4 Å². The van der Waals surface area contributed by atoms with Gasteiger partial charge in [-0.05, 0) is 24.5 Å². The van der Waals surface area contributed by atoms with E-state index >= 15 is 0 Å². The van der Waals surface area contributed by atoms with E-state index in [1.807, 2.05) is 24.3 Å². The number of nitro groups is 2. The summed E-state index contributed by atoms with van der Waals surface area (Å²) in [5.41, 5.74) is 0.953. The van der Waals surface area contributed by atoms with E-state index < -0.39 is 33.0 Å². The molecular formula is C16H13N3O5. The van der Waals surface area contributed by atoms with Crippen molar-refractivity contribution in [1.82, 2.24) is 0 Å². The van der Waals surface area contributed by atoms with Crippen molar-refractivity contribution in [3.8, 4) is 0 Å². The summed E-state index contributed by atoms with van der Waals surface area (Å²) in [6.07, 6.45) is 1.21. The van der Waals surface area contributed by atoms with E-state index in [2.05, 4.69) is 5.32 Å². The normalized spacial score (nSPS) is 15.9. The van der Waals surface area contributed by atoms with Gasteiger partial charge in [0.05, 0.1) is 22.0 Å². The average molecular weight is 327 g/mol. The quantitative estimate of drug-likeness (QED) is 0.524. The lowest BCUT2D eigenvalue weighted by molar-refractivity contribution is -0.394. The highest BCUT2D eigenvalue weighted by atomic mass is 16.6. The topological polar surface area (TPSA) is 115 Å². The molecule has 1 unspecified atom stereocenters. The third kappa shape index (κ3) is 2.94. The van der Waals surface area contributed by atoms with Gasteiger partial charge in [0.1, 0.15) is 0 Å². The zero-order valence-electron chi connectivity index (χ0n) is 12.5. The Labute approximate surface area is 136 Å². The minimum absolute atomic E-state index is 0.0345. The zero-order valence-corrected chi connectivity index (χ0v) is 12.5. The zero-order chi connectivity index (χ0) is 17.3. The molecule has 0 aromatic heterocycles. The third-order valence-corrected chi connectivity index (χ3v) is 3.97. The molecule has 0 saturated carbocycles. The van der Waals surface area contributed by atoms with Gasteiger partial charge in [0, 0.05) is 23.4 Å². The van der Waals surface area contributed by atoms with Gasteiger partial charge in [0.25, 0.3) is 11.4 Å². The molecule has 2 aromatic rings. The molecule has 0 spiro atoms. The first-order valence-corrected chi connectivity index (χ1v) is 7.28. The van der Waals surface area contributed by atoms with Crippen LogP contribution in [0.25, 0.3) is 0 Å². The summed E-state index contributed by atoms with van der Waals surface area (Å²) in [5.74, 6) is -0.392. The molecule has 0 saturated heterocycles. The first-order valence-electron chi connectivity index (χ1n) is 7.28. The number of rotatable bonds is 4. The molecule has 0 amide bonds. The summed E-state index contributed by atoms with van der Waals surface area (Å²) >= 11 is 0. The molecule has 0 bridgehead atoms. The maximum absolute atomic E-state index is 12.7. The highest BCUT2D eigenvalue weighted by molar-refractivity contribution is 6.03. The number of non-ortho nitro benzene ring substituents is 2. The molecule has 0 radical (unpaired) electrons. The Balaban J connectivity index is 1.93. The number of anilines is 1. The van der Waals surface area contributed by atoms with Crippen LogP contribution in [0.4, 0.5) is 17.1 Å². The van der Waals surface area contributed by atoms with Crippen LogP contribution in [0.1, 0.15) is 22.3 Å². The van der Waals surface area contributed by atoms with Gasteiger partial charge in [-0.2, -0.15) is 0 Å². The molecule has 3 rings (SSSR count). The molecule has 1 N–H and O–H groups in total. The van der Waals surface area contributed by atoms with E-state index in [1.165, 1.54) is 0 Å². The van der Waals surface area contributed by atoms with E-state index in [4.69, 9.17) is 0 Å². The molecule has 0 aliphatic carbocycles. The maximum Gasteiger partial charge on any atom is 0.277 e. The number of hydrogen-bond acceptors (Lipinski definition) is 6. The van der Waals surface area contributed by atoms with E-state index in [9.17, 15) is 25.0 Å². The van der Waals surface area contributed by atoms with Gasteiger partial charge in [-0.3, -0.25) is 25.0 Å². The SMILES string of the molecule is O=C(c1cc([N+](=O)[O-])cc([N+](=O)[O-])c1)C1CCc2ccccc2N1. The highest BCUT2D eigenvalue weighted by Crippen LogP contribution is 2.28. The van der Waals surface area contributed by atoms with E-state index in [1.54, 1.807) is 0 Å². The predicted octanol–water partition coefficient (Wildman–Crippen LogP) is 3.11. The van der Waals surface area contributed by atoms with Crippen LogP contribution in [0.15, 0.2) is 42.5 Å². The molecule has 2 aromatic carbocycles. The number of aryl methyl sites for hydroxylation is 1. The van der Waals surface area contributed by atoms with Gasteiger partial charge in [-0.1, -0.05) is 18.2 Å². The van der Waals surface area contributed by atoms with Crippen LogP contribution in [-0.2, 0) is 6.42 Å². The molecule has 1 heterocycles. The number of nitrogens with zero attached hydrogens (tertiary/aromatic N) is 2. The van der Waals surface area contributed by atoms with Gasteiger partial charge < -0.3 is 5.32 Å². The maximum atomic E-state index is 12.7. The summed E-state index contributed by atoms with van der Waals surface area (Å²) in [6, 6.07) is 10.0. The van der Waals surface area contributed by atoms with Crippen molar-refractivity contribution in [3.63, 3.8) is 0 Å². The lowest BCUT2D eigenvalue weighted by Crippen LogP contribution is -2.33. The van der Waals surface area contributed by atoms with Crippen LogP contribution in [0, 0.1) is 20.2 Å². The number of hydrogen-bond donors (Lipinski definition) is 1. The first-order chi connectivity index (χ1) is 11.5. The fourth-order valence-electron chi connectivity index (χ4n) is 2.78. The molecular weight excluding hydrogens is 314 g/mol. The van der Waals surface area contributed by atoms with Crippen LogP contribution in [0.2, 0.25) is 0 Å². The standard InChI is InChI=1S/C16H13N3O5/c20-16(15-6-5-10-3-1-2-4-14(10)17-15)11-7-12(18(21)22)9-13(8-11)19(23)24/h1-4,7-9,15,17H,5-6H2. The second kappa shape index (κ2) is 6.07. The number of para-hydroxylation sites is 1. The summed E-state index contributed by atoms with van der Waals surface area (Å²) in [6.45, 7) is 0. The van der Waals surface area contributed by atoms with Crippen LogP contribution in [0.5, 0.6) is 0 Å². The Kier molecular flexibility index (Phi) is 3.95. The lowest BCUT2D eigenvalue weighted by atomic mass is 9.92. The third-order valence-electron chi connectivity index (χ3n) is 3.97. The van der Waals surface area contributed by atoms with Gasteiger partial charge in [0.15, 0.2) is 5.78 Å². The number of fused-ring (bicyclic) bond motifs is 1. The summed E-state index contributed by atoms with van der Waals surface area (Å²) in [4.78, 5) is 33.1. The Morgan fingerprint density at radius 2 is 1.67 bits per heavy atom. The van der Waals surface area contributed by atoms with Crippen LogP contribution in [0.3, 0.4) is 0 Å². The van der Waals surface area contributed by atoms with E-state index in [-0.39, 0.29) is 5.56 Å². The Morgan fingerprint density at radius 3 is 2.29 bits per heavy atom. The van der Waals surface area contributed by atoms with Crippen molar-refractivity contribution in [3.05, 3.63) is 73.8 Å². The molecule has 8 heteroatoms. The molecule has 8 nitrogen and oxygen atoms in total. The number of carbonyl (C=O) groups is 1. The largest absolute Gasteiger partial charge is 0.375 e. The minimum atomic E-state index is -0.743. The first kappa shape index (κ1) is 15.6. The minimum Gasteiger partial charge on any atom is -0.375 e. The summed E-state index contributed by atoms with van der Waals surface area (Å²) in [7, 11) is 0. The monoisotopic (exact) mass is 327 g/mol. The van der Waals surface area contributed by atoms with Crippen molar-refractivity contribution in [2.24, 2.45) is 0 Å². The molecule has 24 heavy (non-hydrogen) atoms. The van der Waals surface area contributed by atoms with Crippen molar-refractivity contribution in [2.45, 2.75) is 18.9 Å². The van der Waals surface area contributed by atoms with Crippen LogP contribution < -0.4 is 5.32 Å². The number of benzene rings is 2. The number of Topliss-reactive ketones (excluding diaryl/α,β-unsaturated/α-hetero) is 1. The number of nitrogens with one attached hydrogen (secondary N) is 1. The highest BCUT2D eigenvalue weighted by Gasteiger charge is 2.27. The van der Waals surface area contributed by atoms with Crippen molar-refractivity contribution in [2.75, 3.05) is 5.32 Å². The fourth-order valence-corrected chi connectivity index (χ4v) is 2.78. The second-order valence-electron chi connectivity index (χ2n) is 5.51. The smallest absolute Gasteiger partial charge is 0.277 e. The number of carbonyl (C=O) groups excluding carboxylic acids is 1. The van der Waals surface area contributed by atoms with E-state index in [0.29, 0.717) is 12.8 Å². The lowest BCUT2D eigenvalue weighted by Gasteiger charge is -2.25. The average Bonchev–Trinajstić information content (AvgIpc) is 2.60. The predicted molar refractivity (Wildman–Crippen MR) is 86.3 cm³/mol. The molecule has 122 valence electrons. The van der Waals surface area contributed by atoms with Gasteiger partial charge >= 0.3 is 0 Å². The molecule has 1 atom stereocenters. The number of nitro benzene ring substituents is 2. The van der Waals surface area contributed by atoms with Crippen molar-refractivity contribution >= 4 is 22.8 Å². The Hall–Kier alpha value is -3.29. The molecule has 0 fully saturated rings. The Bertz CT molecular complexity index is 817. The summed E-state index contributed by atoms with van der Waals surface area (Å²) in [5, 5.41) is 25.0. The molecule has 1 aliphatic rings. The van der Waals surface area contributed by atoms with Crippen LogP contribution in [-0.4, -0.2) is 21.7 Å². The fraction of sp³-hybridized carbons (Fsp3) is 0.188. The van der Waals surface area contributed by atoms with Crippen LogP contribution >= 0.6 is 0 Å². The van der Waals surface area contributed by atoms with Gasteiger partial charge in [-0.15, -0.1) is 0 Å². The second-order valence-corrected chi connectivity index (χ2v) is 5.51. The van der Waals surface area contributed by atoms with Crippen molar-refractivity contribution in [1.29, 1.82) is 0 Å². The summed E-state index contributed by atoms with van der Waals surface area (Å²) < 4.78 is 0. The number of ketones is 1. The molecule has 1 aliphatic heterocycles. The Morgan fingerprint density at radius 1 is 1.04 bits per heavy atom. The van der Waals surface area contributed by atoms with Gasteiger partial charge in [-0.25, -0.2) is 0 Å². The van der Waals surface area contributed by atoms with Crippen molar-refractivity contribution < 1.29 is 14.6 Å². The van der Waals surface area contributed by atoms with Gasteiger partial charge in [0.2, 0.25) is 0 Å².